The van der Waals surface area contributed by atoms with Crippen LogP contribution in [0.5, 0.6) is 11.5 Å². The molecule has 12 heteroatoms. The molecule has 38 heavy (non-hydrogen) atoms. The van der Waals surface area contributed by atoms with Gasteiger partial charge in [0.25, 0.3) is 11.8 Å². The number of halogens is 6. The molecule has 0 spiro atoms. The molecule has 0 fully saturated rings. The highest BCUT2D eigenvalue weighted by atomic mass is 19.4. The normalized spacial score (nSPS) is 15.5. The van der Waals surface area contributed by atoms with Crippen LogP contribution in [0.3, 0.4) is 0 Å². The topological polar surface area (TPSA) is 67.9 Å². The molecule has 6 nitrogen and oxygen atoms in total. The van der Waals surface area contributed by atoms with Gasteiger partial charge in [-0.3, -0.25) is 9.59 Å². The van der Waals surface area contributed by atoms with Gasteiger partial charge in [0.05, 0.1) is 23.4 Å². The number of benzene rings is 3. The fourth-order valence-electron chi connectivity index (χ4n) is 3.78. The highest BCUT2D eigenvalue weighted by Gasteiger charge is 2.38. The second kappa shape index (κ2) is 10.3. The van der Waals surface area contributed by atoms with Gasteiger partial charge in [0, 0.05) is 11.3 Å². The number of hydrogen-bond acceptors (Lipinski definition) is 4. The molecule has 1 aliphatic rings. The average molecular weight is 538 g/mol. The van der Waals surface area contributed by atoms with E-state index in [1.807, 2.05) is 6.07 Å². The smallest absolute Gasteiger partial charge is 0.416 e. The SMILES string of the molecule is CC1Oc2ccc(NC(=O)c3cc(C(F)(F)F)cc(C(F)(F)F)c3)cc2N(CCOc2ccccc2)C1=O. The van der Waals surface area contributed by atoms with Gasteiger partial charge in [-0.05, 0) is 55.5 Å². The Hall–Kier alpha value is -4.22. The van der Waals surface area contributed by atoms with Gasteiger partial charge in [0.15, 0.2) is 6.10 Å². The summed E-state index contributed by atoms with van der Waals surface area (Å²) in [6.07, 6.45) is -11.0. The molecular weight excluding hydrogens is 518 g/mol. The molecule has 0 saturated heterocycles. The Labute approximate surface area is 212 Å². The number of nitrogens with one attached hydrogen (secondary N) is 1. The van der Waals surface area contributed by atoms with Gasteiger partial charge in [-0.1, -0.05) is 18.2 Å². The standard InChI is InChI=1S/C26H20F6N2O4/c1-15-24(36)34(9-10-37-20-5-3-2-4-6-20)21-14-19(7-8-22(21)38-15)33-23(35)16-11-17(25(27,28)29)13-18(12-16)26(30,31)32/h2-8,11-15H,9-10H2,1H3,(H,33,35). The summed E-state index contributed by atoms with van der Waals surface area (Å²) >= 11 is 0. The van der Waals surface area contributed by atoms with Crippen molar-refractivity contribution in [2.45, 2.75) is 25.4 Å². The zero-order valence-corrected chi connectivity index (χ0v) is 19.7. The molecular formula is C26H20F6N2O4. The molecule has 0 bridgehead atoms. The molecule has 0 aliphatic carbocycles. The number of hydrogen-bond donors (Lipinski definition) is 1. The number of fused-ring (bicyclic) bond motifs is 1. The molecule has 4 rings (SSSR count). The van der Waals surface area contributed by atoms with E-state index in [9.17, 15) is 35.9 Å². The molecule has 1 aliphatic heterocycles. The van der Waals surface area contributed by atoms with Crippen LogP contribution in [0.2, 0.25) is 0 Å². The molecule has 0 saturated carbocycles. The van der Waals surface area contributed by atoms with Crippen LogP contribution >= 0.6 is 0 Å². The van der Waals surface area contributed by atoms with E-state index in [0.29, 0.717) is 23.6 Å². The lowest BCUT2D eigenvalue weighted by Crippen LogP contribution is -2.46. The molecule has 3 aromatic rings. The summed E-state index contributed by atoms with van der Waals surface area (Å²) in [6, 6.07) is 13.6. The van der Waals surface area contributed by atoms with E-state index in [1.54, 1.807) is 31.2 Å². The van der Waals surface area contributed by atoms with Crippen LogP contribution in [0, 0.1) is 0 Å². The van der Waals surface area contributed by atoms with Crippen LogP contribution < -0.4 is 19.7 Å². The highest BCUT2D eigenvalue weighted by molar-refractivity contribution is 6.06. The lowest BCUT2D eigenvalue weighted by atomic mass is 10.0. The monoisotopic (exact) mass is 538 g/mol. The van der Waals surface area contributed by atoms with E-state index in [0.717, 1.165) is 0 Å². The Morgan fingerprint density at radius 1 is 0.947 bits per heavy atom. The highest BCUT2D eigenvalue weighted by Crippen LogP contribution is 2.38. The van der Waals surface area contributed by atoms with Crippen molar-refractivity contribution < 1.29 is 45.4 Å². The first kappa shape index (κ1) is 26.8. The third kappa shape index (κ3) is 6.01. The first-order chi connectivity index (χ1) is 17.8. The Kier molecular flexibility index (Phi) is 7.25. The van der Waals surface area contributed by atoms with E-state index >= 15 is 0 Å². The van der Waals surface area contributed by atoms with Gasteiger partial charge in [-0.2, -0.15) is 26.3 Å². The Morgan fingerprint density at radius 3 is 2.18 bits per heavy atom. The van der Waals surface area contributed by atoms with E-state index in [2.05, 4.69) is 5.32 Å². The summed E-state index contributed by atoms with van der Waals surface area (Å²) in [5.74, 6) is -0.711. The summed E-state index contributed by atoms with van der Waals surface area (Å²) in [6.45, 7) is 1.77. The van der Waals surface area contributed by atoms with Crippen LogP contribution in [0.15, 0.2) is 66.7 Å². The minimum Gasteiger partial charge on any atom is -0.492 e. The number of amides is 2. The van der Waals surface area contributed by atoms with Crippen LogP contribution in [-0.2, 0) is 17.1 Å². The van der Waals surface area contributed by atoms with Gasteiger partial charge in [0.2, 0.25) is 0 Å². The van der Waals surface area contributed by atoms with Gasteiger partial charge in [0.1, 0.15) is 18.1 Å². The van der Waals surface area contributed by atoms with Crippen LogP contribution in [-0.4, -0.2) is 31.1 Å². The molecule has 1 atom stereocenters. The van der Waals surface area contributed by atoms with E-state index < -0.39 is 47.0 Å². The van der Waals surface area contributed by atoms with Gasteiger partial charge in [-0.25, -0.2) is 0 Å². The third-order valence-corrected chi connectivity index (χ3v) is 5.60. The fraction of sp³-hybridized carbons (Fsp3) is 0.231. The van der Waals surface area contributed by atoms with Crippen molar-refractivity contribution in [3.63, 3.8) is 0 Å². The third-order valence-electron chi connectivity index (χ3n) is 5.60. The number of alkyl halides is 6. The van der Waals surface area contributed by atoms with E-state index in [-0.39, 0.29) is 30.6 Å². The number of nitrogens with zero attached hydrogens (tertiary/aromatic N) is 1. The number of para-hydroxylation sites is 1. The number of ether oxygens (including phenoxy) is 2. The summed E-state index contributed by atoms with van der Waals surface area (Å²) in [5.41, 5.74) is -3.78. The van der Waals surface area contributed by atoms with Crippen molar-refractivity contribution in [3.05, 3.63) is 83.4 Å². The number of anilines is 2. The number of carbonyl (C=O) groups is 2. The minimum absolute atomic E-state index is 0.0275. The molecule has 1 unspecified atom stereocenters. The van der Waals surface area contributed by atoms with Gasteiger partial charge in [-0.15, -0.1) is 0 Å². The Balaban J connectivity index is 1.58. The van der Waals surface area contributed by atoms with Gasteiger partial charge < -0.3 is 19.7 Å². The van der Waals surface area contributed by atoms with E-state index in [1.165, 1.54) is 23.1 Å². The first-order valence-corrected chi connectivity index (χ1v) is 11.2. The minimum atomic E-state index is -5.10. The largest absolute Gasteiger partial charge is 0.492 e. The summed E-state index contributed by atoms with van der Waals surface area (Å²) < 4.78 is 90.3. The van der Waals surface area contributed by atoms with Gasteiger partial charge >= 0.3 is 12.4 Å². The molecule has 200 valence electrons. The summed E-state index contributed by atoms with van der Waals surface area (Å²) in [4.78, 5) is 26.9. The number of carbonyl (C=O) groups excluding carboxylic acids is 2. The fourth-order valence-corrected chi connectivity index (χ4v) is 3.78. The van der Waals surface area contributed by atoms with E-state index in [4.69, 9.17) is 9.47 Å². The van der Waals surface area contributed by atoms with Crippen LogP contribution in [0.1, 0.15) is 28.4 Å². The maximum atomic E-state index is 13.2. The van der Waals surface area contributed by atoms with Crippen LogP contribution in [0.25, 0.3) is 0 Å². The second-order valence-electron chi connectivity index (χ2n) is 8.34. The van der Waals surface area contributed by atoms with Crippen LogP contribution in [0.4, 0.5) is 37.7 Å². The first-order valence-electron chi connectivity index (χ1n) is 11.2. The van der Waals surface area contributed by atoms with Crippen molar-refractivity contribution in [1.29, 1.82) is 0 Å². The molecule has 3 aromatic carbocycles. The average Bonchev–Trinajstić information content (AvgIpc) is 2.86. The molecule has 1 N–H and O–H groups in total. The number of rotatable bonds is 6. The van der Waals surface area contributed by atoms with Crippen molar-refractivity contribution in [3.8, 4) is 11.5 Å². The second-order valence-corrected chi connectivity index (χ2v) is 8.34. The quantitative estimate of drug-likeness (QED) is 0.382. The predicted octanol–water partition coefficient (Wildman–Crippen LogP) is 6.17. The molecule has 1 heterocycles. The predicted molar refractivity (Wildman–Crippen MR) is 125 cm³/mol. The Bertz CT molecular complexity index is 1310. The lowest BCUT2D eigenvalue weighted by Gasteiger charge is -2.33. The molecule has 0 radical (unpaired) electrons. The Morgan fingerprint density at radius 2 is 1.58 bits per heavy atom. The summed E-state index contributed by atoms with van der Waals surface area (Å²) in [5, 5.41) is 2.30. The van der Waals surface area contributed by atoms with Crippen molar-refractivity contribution in [2.75, 3.05) is 23.4 Å². The maximum absolute atomic E-state index is 13.2. The molecule has 0 aromatic heterocycles. The van der Waals surface area contributed by atoms with Crippen molar-refractivity contribution in [1.82, 2.24) is 0 Å². The van der Waals surface area contributed by atoms with Crippen molar-refractivity contribution in [2.24, 2.45) is 0 Å². The van der Waals surface area contributed by atoms with Crippen molar-refractivity contribution >= 4 is 23.2 Å². The zero-order chi connectivity index (χ0) is 27.7. The maximum Gasteiger partial charge on any atom is 0.416 e. The molecule has 2 amide bonds. The summed E-state index contributed by atoms with van der Waals surface area (Å²) in [7, 11) is 0. The zero-order valence-electron chi connectivity index (χ0n) is 19.7. The lowest BCUT2D eigenvalue weighted by molar-refractivity contribution is -0.143.